The molecule has 0 saturated carbocycles. The molecule has 5 aromatic rings. The molecule has 3 aromatic heterocycles. The van der Waals surface area contributed by atoms with Crippen molar-refractivity contribution in [2.24, 2.45) is 0 Å². The topological polar surface area (TPSA) is 89.6 Å². The first-order chi connectivity index (χ1) is 14.2. The lowest BCUT2D eigenvalue weighted by Crippen LogP contribution is -2.14. The summed E-state index contributed by atoms with van der Waals surface area (Å²) in [5.74, 6) is 6.83. The Labute approximate surface area is 174 Å². The molecule has 8 heteroatoms. The number of fused-ring (bicyclic) bond motifs is 1. The van der Waals surface area contributed by atoms with Gasteiger partial charge in [-0.25, -0.2) is 4.68 Å². The van der Waals surface area contributed by atoms with Crippen LogP contribution in [0.4, 0.5) is 0 Å². The summed E-state index contributed by atoms with van der Waals surface area (Å²) in [7, 11) is 0. The van der Waals surface area contributed by atoms with E-state index in [1.807, 2.05) is 72.1 Å². The van der Waals surface area contributed by atoms with Crippen LogP contribution in [0.25, 0.3) is 32.7 Å². The summed E-state index contributed by atoms with van der Waals surface area (Å²) in [6.07, 6.45) is 0. The van der Waals surface area contributed by atoms with Gasteiger partial charge in [0.1, 0.15) is 0 Å². The number of hydrogen-bond acceptors (Lipinski definition) is 6. The molecule has 29 heavy (non-hydrogen) atoms. The normalized spacial score (nSPS) is 11.2. The van der Waals surface area contributed by atoms with E-state index in [1.165, 1.54) is 27.8 Å². The van der Waals surface area contributed by atoms with Gasteiger partial charge in [-0.2, -0.15) is 0 Å². The summed E-state index contributed by atoms with van der Waals surface area (Å²) in [6, 6.07) is 21.5. The van der Waals surface area contributed by atoms with Crippen LogP contribution in [-0.2, 0) is 0 Å². The number of pyridine rings is 1. The average Bonchev–Trinajstić information content (AvgIpc) is 3.39. The van der Waals surface area contributed by atoms with Gasteiger partial charge in [0.05, 0.1) is 9.77 Å². The third kappa shape index (κ3) is 3.12. The molecule has 142 valence electrons. The van der Waals surface area contributed by atoms with Crippen molar-refractivity contribution in [3.8, 4) is 21.8 Å². The number of para-hydroxylation sites is 1. The maximum absolute atomic E-state index is 13.0. The molecule has 5 rings (SSSR count). The van der Waals surface area contributed by atoms with E-state index in [0.717, 1.165) is 26.9 Å². The highest BCUT2D eigenvalue weighted by Gasteiger charge is 2.20. The zero-order valence-corrected chi connectivity index (χ0v) is 16.7. The smallest absolute Gasteiger partial charge is 0.263 e. The van der Waals surface area contributed by atoms with Crippen molar-refractivity contribution in [2.45, 2.75) is 10.1 Å². The van der Waals surface area contributed by atoms with Crippen molar-refractivity contribution < 1.29 is 0 Å². The van der Waals surface area contributed by atoms with E-state index < -0.39 is 0 Å². The number of hydrogen-bond donors (Lipinski definition) is 2. The van der Waals surface area contributed by atoms with Gasteiger partial charge in [-0.05, 0) is 34.8 Å². The molecule has 0 unspecified atom stereocenters. The number of thiophene rings is 1. The number of H-pyrrole nitrogens is 1. The van der Waals surface area contributed by atoms with Crippen LogP contribution in [-0.4, -0.2) is 19.9 Å². The predicted octanol–water partition coefficient (Wildman–Crippen LogP) is 4.38. The first-order valence-electron chi connectivity index (χ1n) is 8.85. The van der Waals surface area contributed by atoms with E-state index in [4.69, 9.17) is 5.84 Å². The van der Waals surface area contributed by atoms with Crippen LogP contribution < -0.4 is 11.4 Å². The lowest BCUT2D eigenvalue weighted by molar-refractivity contribution is 0.850. The van der Waals surface area contributed by atoms with Crippen LogP contribution in [0.2, 0.25) is 0 Å². The van der Waals surface area contributed by atoms with Crippen molar-refractivity contribution in [3.63, 3.8) is 0 Å². The highest BCUT2D eigenvalue weighted by molar-refractivity contribution is 7.99. The SMILES string of the molecule is Nn1c(Sc2c(-c3ccccc3)c3ccccc3[nH]c2=O)nnc1-c1cccs1. The monoisotopic (exact) mass is 417 g/mol. The predicted molar refractivity (Wildman–Crippen MR) is 118 cm³/mol. The van der Waals surface area contributed by atoms with E-state index in [-0.39, 0.29) is 5.56 Å². The number of nitrogens with two attached hydrogens (primary N) is 1. The molecule has 0 aliphatic heterocycles. The minimum absolute atomic E-state index is 0.187. The summed E-state index contributed by atoms with van der Waals surface area (Å²) in [6.45, 7) is 0. The van der Waals surface area contributed by atoms with Gasteiger partial charge in [-0.15, -0.1) is 21.5 Å². The quantitative estimate of drug-likeness (QED) is 0.424. The first-order valence-corrected chi connectivity index (χ1v) is 10.5. The van der Waals surface area contributed by atoms with Crippen LogP contribution in [0.1, 0.15) is 0 Å². The highest BCUT2D eigenvalue weighted by atomic mass is 32.2. The molecule has 6 nitrogen and oxygen atoms in total. The fourth-order valence-corrected chi connectivity index (χ4v) is 4.85. The minimum atomic E-state index is -0.187. The maximum atomic E-state index is 13.0. The Morgan fingerprint density at radius 2 is 1.76 bits per heavy atom. The molecule has 0 saturated heterocycles. The zero-order valence-electron chi connectivity index (χ0n) is 15.1. The fraction of sp³-hybridized carbons (Fsp3) is 0. The van der Waals surface area contributed by atoms with Crippen molar-refractivity contribution in [3.05, 3.63) is 82.5 Å². The Morgan fingerprint density at radius 1 is 0.966 bits per heavy atom. The van der Waals surface area contributed by atoms with E-state index in [9.17, 15) is 4.79 Å². The van der Waals surface area contributed by atoms with Gasteiger partial charge in [-0.1, -0.05) is 54.6 Å². The van der Waals surface area contributed by atoms with Crippen LogP contribution in [0.5, 0.6) is 0 Å². The second-order valence-corrected chi connectivity index (χ2v) is 8.25. The Kier molecular flexibility index (Phi) is 4.42. The molecule has 0 atom stereocenters. The van der Waals surface area contributed by atoms with Gasteiger partial charge in [-0.3, -0.25) is 4.79 Å². The Balaban J connectivity index is 1.70. The van der Waals surface area contributed by atoms with Crippen LogP contribution in [0.15, 0.2) is 87.0 Å². The van der Waals surface area contributed by atoms with Crippen LogP contribution in [0, 0.1) is 0 Å². The lowest BCUT2D eigenvalue weighted by atomic mass is 10.0. The van der Waals surface area contributed by atoms with Gasteiger partial charge in [0, 0.05) is 16.5 Å². The molecule has 0 aliphatic rings. The zero-order chi connectivity index (χ0) is 19.8. The second kappa shape index (κ2) is 7.23. The molecule has 0 spiro atoms. The molecule has 0 bridgehead atoms. The number of rotatable bonds is 4. The van der Waals surface area contributed by atoms with Crippen molar-refractivity contribution in [2.75, 3.05) is 5.84 Å². The molecular weight excluding hydrogens is 402 g/mol. The highest BCUT2D eigenvalue weighted by Crippen LogP contribution is 2.37. The summed E-state index contributed by atoms with van der Waals surface area (Å²) >= 11 is 2.75. The van der Waals surface area contributed by atoms with E-state index in [1.54, 1.807) is 0 Å². The molecular formula is C21H15N5OS2. The average molecular weight is 418 g/mol. The summed E-state index contributed by atoms with van der Waals surface area (Å²) < 4.78 is 1.43. The standard InChI is InChI=1S/C21H15N5OS2/c22-26-19(16-11-6-12-28-16)24-25-21(26)29-18-17(13-7-2-1-3-8-13)14-9-4-5-10-15(14)23-20(18)27/h1-12H,22H2,(H,23,27). The summed E-state index contributed by atoms with van der Waals surface area (Å²) in [5, 5.41) is 11.8. The van der Waals surface area contributed by atoms with E-state index >= 15 is 0 Å². The van der Waals surface area contributed by atoms with E-state index in [2.05, 4.69) is 15.2 Å². The molecule has 0 fully saturated rings. The number of aromatic amines is 1. The molecule has 0 aliphatic carbocycles. The van der Waals surface area contributed by atoms with Gasteiger partial charge in [0.25, 0.3) is 5.56 Å². The lowest BCUT2D eigenvalue weighted by Gasteiger charge is -2.12. The Morgan fingerprint density at radius 3 is 2.55 bits per heavy atom. The van der Waals surface area contributed by atoms with Crippen molar-refractivity contribution in [1.29, 1.82) is 0 Å². The third-order valence-electron chi connectivity index (χ3n) is 4.54. The summed E-state index contributed by atoms with van der Waals surface area (Å²) in [4.78, 5) is 17.4. The molecule has 2 aromatic carbocycles. The summed E-state index contributed by atoms with van der Waals surface area (Å²) in [5.41, 5.74) is 2.41. The molecule has 3 heterocycles. The number of aromatic nitrogens is 4. The molecule has 0 radical (unpaired) electrons. The molecule has 0 amide bonds. The van der Waals surface area contributed by atoms with Gasteiger partial charge in [0.15, 0.2) is 5.82 Å². The Hall–Kier alpha value is -3.36. The minimum Gasteiger partial charge on any atom is -0.335 e. The van der Waals surface area contributed by atoms with Gasteiger partial charge >= 0.3 is 0 Å². The van der Waals surface area contributed by atoms with Crippen molar-refractivity contribution >= 4 is 34.0 Å². The number of benzene rings is 2. The fourth-order valence-electron chi connectivity index (χ4n) is 3.23. The molecule has 3 N–H and O–H groups in total. The number of nitrogens with one attached hydrogen (secondary N) is 1. The van der Waals surface area contributed by atoms with Gasteiger partial charge in [0.2, 0.25) is 5.16 Å². The number of nitrogen functional groups attached to an aromatic ring is 1. The number of nitrogens with zero attached hydrogens (tertiary/aromatic N) is 3. The van der Waals surface area contributed by atoms with Crippen molar-refractivity contribution in [1.82, 2.24) is 19.9 Å². The second-order valence-electron chi connectivity index (χ2n) is 6.33. The Bertz CT molecular complexity index is 1360. The van der Waals surface area contributed by atoms with Gasteiger partial charge < -0.3 is 10.8 Å². The largest absolute Gasteiger partial charge is 0.335 e. The van der Waals surface area contributed by atoms with E-state index in [0.29, 0.717) is 15.9 Å². The van der Waals surface area contributed by atoms with Crippen LogP contribution >= 0.6 is 23.1 Å². The third-order valence-corrected chi connectivity index (χ3v) is 6.46. The maximum Gasteiger partial charge on any atom is 0.263 e. The first kappa shape index (κ1) is 17.7. The van der Waals surface area contributed by atoms with Crippen LogP contribution in [0.3, 0.4) is 0 Å².